The molecule has 1 N–H and O–H groups in total. The molecule has 0 atom stereocenters. The Morgan fingerprint density at radius 1 is 1.39 bits per heavy atom. The molecule has 0 aliphatic heterocycles. The number of sulfonamides is 1. The highest BCUT2D eigenvalue weighted by Gasteiger charge is 2.05. The van der Waals surface area contributed by atoms with Gasteiger partial charge in [0.25, 0.3) is 0 Å². The van der Waals surface area contributed by atoms with E-state index < -0.39 is 10.0 Å². The van der Waals surface area contributed by atoms with Crippen LogP contribution >= 0.6 is 0 Å². The van der Waals surface area contributed by atoms with Gasteiger partial charge in [-0.2, -0.15) is 0 Å². The van der Waals surface area contributed by atoms with Crippen LogP contribution in [0.5, 0.6) is 0 Å². The second kappa shape index (κ2) is 6.70. The van der Waals surface area contributed by atoms with E-state index in [0.717, 1.165) is 18.5 Å². The van der Waals surface area contributed by atoms with Crippen LogP contribution in [0.1, 0.15) is 13.3 Å². The van der Waals surface area contributed by atoms with Crippen LogP contribution in [-0.2, 0) is 10.0 Å². The Morgan fingerprint density at radius 2 is 2.11 bits per heavy atom. The van der Waals surface area contributed by atoms with Crippen molar-refractivity contribution >= 4 is 15.7 Å². The Labute approximate surface area is 108 Å². The van der Waals surface area contributed by atoms with Crippen molar-refractivity contribution in [2.45, 2.75) is 13.3 Å². The number of nitrogens with one attached hydrogen (secondary N) is 1. The topological polar surface area (TPSA) is 49.4 Å². The summed E-state index contributed by atoms with van der Waals surface area (Å²) in [7, 11) is -3.13. The standard InChI is InChI=1S/C12H19FN2O2S/c1-3-15(9-5-8-14-18(2,16)17)12-7-4-6-11(13)10-12/h4,6-7,10,14H,3,5,8-9H2,1-2H3. The van der Waals surface area contributed by atoms with Crippen molar-refractivity contribution in [1.82, 2.24) is 4.72 Å². The smallest absolute Gasteiger partial charge is 0.208 e. The first kappa shape index (κ1) is 14.9. The lowest BCUT2D eigenvalue weighted by Crippen LogP contribution is -2.29. The van der Waals surface area contributed by atoms with Crippen LogP contribution in [0.25, 0.3) is 0 Å². The van der Waals surface area contributed by atoms with Crippen LogP contribution in [0.15, 0.2) is 24.3 Å². The van der Waals surface area contributed by atoms with Gasteiger partial charge in [-0.05, 0) is 31.5 Å². The van der Waals surface area contributed by atoms with E-state index in [2.05, 4.69) is 4.72 Å². The molecule has 0 radical (unpaired) electrons. The SMILES string of the molecule is CCN(CCCNS(C)(=O)=O)c1cccc(F)c1. The molecule has 0 unspecified atom stereocenters. The number of rotatable bonds is 7. The monoisotopic (exact) mass is 274 g/mol. The first-order valence-corrected chi connectivity index (χ1v) is 7.76. The summed E-state index contributed by atoms with van der Waals surface area (Å²) < 4.78 is 37.3. The summed E-state index contributed by atoms with van der Waals surface area (Å²) in [5.41, 5.74) is 0.817. The van der Waals surface area contributed by atoms with Crippen molar-refractivity contribution in [3.8, 4) is 0 Å². The van der Waals surface area contributed by atoms with Gasteiger partial charge in [-0.3, -0.25) is 0 Å². The Hall–Kier alpha value is -1.14. The lowest BCUT2D eigenvalue weighted by Gasteiger charge is -2.23. The number of nitrogens with zero attached hydrogens (tertiary/aromatic N) is 1. The molecule has 0 heterocycles. The normalized spacial score (nSPS) is 11.5. The van der Waals surface area contributed by atoms with Crippen molar-refractivity contribution in [3.05, 3.63) is 30.1 Å². The second-order valence-corrected chi connectivity index (χ2v) is 5.91. The second-order valence-electron chi connectivity index (χ2n) is 4.08. The van der Waals surface area contributed by atoms with Crippen LogP contribution in [0, 0.1) is 5.82 Å². The summed E-state index contributed by atoms with van der Waals surface area (Å²) in [6.45, 7) is 3.81. The van der Waals surface area contributed by atoms with E-state index >= 15 is 0 Å². The van der Waals surface area contributed by atoms with Gasteiger partial charge >= 0.3 is 0 Å². The highest BCUT2D eigenvalue weighted by atomic mass is 32.2. The van der Waals surface area contributed by atoms with E-state index in [0.29, 0.717) is 19.5 Å². The Kier molecular flexibility index (Phi) is 5.55. The fraction of sp³-hybridized carbons (Fsp3) is 0.500. The molecule has 18 heavy (non-hydrogen) atoms. The zero-order chi connectivity index (χ0) is 13.6. The molecular formula is C12H19FN2O2S. The quantitative estimate of drug-likeness (QED) is 0.768. The van der Waals surface area contributed by atoms with Crippen LogP contribution in [0.3, 0.4) is 0 Å². The fourth-order valence-corrected chi connectivity index (χ4v) is 2.19. The molecule has 0 aliphatic carbocycles. The molecule has 4 nitrogen and oxygen atoms in total. The molecule has 0 spiro atoms. The van der Waals surface area contributed by atoms with Gasteiger partial charge in [-0.25, -0.2) is 17.5 Å². The van der Waals surface area contributed by atoms with Crippen molar-refractivity contribution in [1.29, 1.82) is 0 Å². The minimum absolute atomic E-state index is 0.264. The molecule has 0 fully saturated rings. The number of benzene rings is 1. The lowest BCUT2D eigenvalue weighted by molar-refractivity contribution is 0.584. The molecule has 1 rings (SSSR count). The summed E-state index contributed by atoms with van der Waals surface area (Å²) in [6, 6.07) is 6.40. The first-order chi connectivity index (χ1) is 8.42. The minimum atomic E-state index is -3.13. The van der Waals surface area contributed by atoms with Gasteiger partial charge in [-0.15, -0.1) is 0 Å². The summed E-state index contributed by atoms with van der Waals surface area (Å²) in [5.74, 6) is -0.264. The predicted octanol–water partition coefficient (Wildman–Crippen LogP) is 1.59. The zero-order valence-corrected chi connectivity index (χ0v) is 11.5. The fourth-order valence-electron chi connectivity index (χ4n) is 1.67. The van der Waals surface area contributed by atoms with Crippen molar-refractivity contribution in [2.24, 2.45) is 0 Å². The van der Waals surface area contributed by atoms with E-state index in [4.69, 9.17) is 0 Å². The maximum absolute atomic E-state index is 13.1. The van der Waals surface area contributed by atoms with E-state index in [9.17, 15) is 12.8 Å². The Bertz CT molecular complexity index is 477. The summed E-state index contributed by atoms with van der Waals surface area (Å²) in [5, 5.41) is 0. The average molecular weight is 274 g/mol. The molecule has 0 saturated heterocycles. The predicted molar refractivity (Wildman–Crippen MR) is 71.8 cm³/mol. The highest BCUT2D eigenvalue weighted by molar-refractivity contribution is 7.88. The van der Waals surface area contributed by atoms with E-state index in [-0.39, 0.29) is 5.82 Å². The van der Waals surface area contributed by atoms with Crippen LogP contribution in [-0.4, -0.2) is 34.3 Å². The average Bonchev–Trinajstić information content (AvgIpc) is 2.27. The van der Waals surface area contributed by atoms with Gasteiger partial charge in [0.05, 0.1) is 6.26 Å². The molecule has 0 aromatic heterocycles. The Morgan fingerprint density at radius 3 is 2.67 bits per heavy atom. The van der Waals surface area contributed by atoms with Crippen LogP contribution in [0.4, 0.5) is 10.1 Å². The third-order valence-corrected chi connectivity index (χ3v) is 3.25. The van der Waals surface area contributed by atoms with Gasteiger partial charge in [0, 0.05) is 25.3 Å². The number of halogens is 1. The summed E-state index contributed by atoms with van der Waals surface area (Å²) in [6.07, 6.45) is 1.81. The van der Waals surface area contributed by atoms with E-state index in [1.165, 1.54) is 12.1 Å². The van der Waals surface area contributed by atoms with Gasteiger partial charge < -0.3 is 4.90 Å². The van der Waals surface area contributed by atoms with Crippen LogP contribution < -0.4 is 9.62 Å². The third kappa shape index (κ3) is 5.46. The van der Waals surface area contributed by atoms with E-state index in [1.54, 1.807) is 6.07 Å². The third-order valence-electron chi connectivity index (χ3n) is 2.52. The number of hydrogen-bond acceptors (Lipinski definition) is 3. The number of anilines is 1. The van der Waals surface area contributed by atoms with Gasteiger partial charge in [0.1, 0.15) is 5.82 Å². The zero-order valence-electron chi connectivity index (χ0n) is 10.7. The molecule has 1 aromatic rings. The molecular weight excluding hydrogens is 255 g/mol. The van der Waals surface area contributed by atoms with Crippen molar-refractivity contribution in [2.75, 3.05) is 30.8 Å². The molecule has 0 amide bonds. The van der Waals surface area contributed by atoms with Gasteiger partial charge in [0.15, 0.2) is 0 Å². The maximum Gasteiger partial charge on any atom is 0.208 e. The molecule has 0 bridgehead atoms. The lowest BCUT2D eigenvalue weighted by atomic mass is 10.2. The molecule has 102 valence electrons. The first-order valence-electron chi connectivity index (χ1n) is 5.87. The van der Waals surface area contributed by atoms with Crippen molar-refractivity contribution < 1.29 is 12.8 Å². The highest BCUT2D eigenvalue weighted by Crippen LogP contribution is 2.15. The Balaban J connectivity index is 2.48. The molecule has 0 aliphatic rings. The largest absolute Gasteiger partial charge is 0.372 e. The van der Waals surface area contributed by atoms with Gasteiger partial charge in [0.2, 0.25) is 10.0 Å². The minimum Gasteiger partial charge on any atom is -0.372 e. The molecule has 6 heteroatoms. The summed E-state index contributed by atoms with van der Waals surface area (Å²) in [4.78, 5) is 2.01. The van der Waals surface area contributed by atoms with E-state index in [1.807, 2.05) is 17.9 Å². The maximum atomic E-state index is 13.1. The number of hydrogen-bond donors (Lipinski definition) is 1. The summed E-state index contributed by atoms with van der Waals surface area (Å²) >= 11 is 0. The van der Waals surface area contributed by atoms with Crippen LogP contribution in [0.2, 0.25) is 0 Å². The van der Waals surface area contributed by atoms with Crippen molar-refractivity contribution in [3.63, 3.8) is 0 Å². The van der Waals surface area contributed by atoms with Gasteiger partial charge in [-0.1, -0.05) is 6.07 Å². The molecule has 0 saturated carbocycles. The molecule has 1 aromatic carbocycles.